The smallest absolute Gasteiger partial charge is 0.324 e. The molecule has 1 aromatic heterocycles. The first-order valence-corrected chi connectivity index (χ1v) is 6.04. The van der Waals surface area contributed by atoms with E-state index in [0.29, 0.717) is 5.16 Å². The molecule has 0 bridgehead atoms. The molecule has 0 amide bonds. The Morgan fingerprint density at radius 1 is 1.41 bits per heavy atom. The van der Waals surface area contributed by atoms with Crippen LogP contribution in [0.15, 0.2) is 39.1 Å². The molecular weight excluding hydrogens is 236 g/mol. The molecule has 0 fully saturated rings. The van der Waals surface area contributed by atoms with Gasteiger partial charge in [-0.1, -0.05) is 12.1 Å². The Bertz CT molecular complexity index is 556. The number of nitrogens with one attached hydrogen (secondary N) is 1. The van der Waals surface area contributed by atoms with Crippen LogP contribution in [0, 0.1) is 0 Å². The summed E-state index contributed by atoms with van der Waals surface area (Å²) in [5.74, 6) is 0. The van der Waals surface area contributed by atoms with Crippen molar-refractivity contribution in [3.63, 3.8) is 0 Å². The molecule has 1 heterocycles. The number of H-pyrrole nitrogens is 1. The van der Waals surface area contributed by atoms with E-state index >= 15 is 0 Å². The predicted molar refractivity (Wildman–Crippen MR) is 67.0 cm³/mol. The van der Waals surface area contributed by atoms with Crippen molar-refractivity contribution in [2.24, 2.45) is 12.8 Å². The molecule has 3 N–H and O–H groups in total. The first kappa shape index (κ1) is 11.9. The Labute approximate surface area is 103 Å². The fourth-order valence-electron chi connectivity index (χ4n) is 1.37. The van der Waals surface area contributed by atoms with E-state index in [1.807, 2.05) is 31.2 Å². The Morgan fingerprint density at radius 3 is 2.53 bits per heavy atom. The summed E-state index contributed by atoms with van der Waals surface area (Å²) in [7, 11) is 1.69. The normalized spacial score (nSPS) is 12.6. The van der Waals surface area contributed by atoms with Crippen molar-refractivity contribution in [3.05, 3.63) is 40.3 Å². The van der Waals surface area contributed by atoms with Crippen LogP contribution in [0.1, 0.15) is 18.5 Å². The molecule has 6 heteroatoms. The average Bonchev–Trinajstić information content (AvgIpc) is 2.62. The second-order valence-electron chi connectivity index (χ2n) is 3.83. The minimum atomic E-state index is -0.209. The van der Waals surface area contributed by atoms with Gasteiger partial charge in [-0.25, -0.2) is 9.89 Å². The number of aromatic amines is 1. The molecule has 0 radical (unpaired) electrons. The van der Waals surface area contributed by atoms with Gasteiger partial charge in [-0.3, -0.25) is 4.57 Å². The standard InChI is InChI=1S/C11H14N4OS/c1-7(12)8-3-5-9(6-4-8)17-11-14-13-10(16)15(11)2/h3-7H,12H2,1-2H3,(H,13,16). The second-order valence-corrected chi connectivity index (χ2v) is 4.87. The highest BCUT2D eigenvalue weighted by atomic mass is 32.2. The predicted octanol–water partition coefficient (Wildman–Crippen LogP) is 1.28. The lowest BCUT2D eigenvalue weighted by molar-refractivity contribution is 0.766. The highest BCUT2D eigenvalue weighted by Gasteiger charge is 2.06. The Balaban J connectivity index is 2.19. The number of hydrogen-bond acceptors (Lipinski definition) is 4. The third-order valence-electron chi connectivity index (χ3n) is 2.45. The minimum Gasteiger partial charge on any atom is -0.324 e. The summed E-state index contributed by atoms with van der Waals surface area (Å²) in [5, 5.41) is 6.98. The first-order chi connectivity index (χ1) is 8.08. The van der Waals surface area contributed by atoms with Crippen molar-refractivity contribution >= 4 is 11.8 Å². The summed E-state index contributed by atoms with van der Waals surface area (Å²) in [6, 6.07) is 7.95. The van der Waals surface area contributed by atoms with Crippen LogP contribution in [0.5, 0.6) is 0 Å². The van der Waals surface area contributed by atoms with Gasteiger partial charge < -0.3 is 5.73 Å². The SMILES string of the molecule is CC(N)c1ccc(Sc2n[nH]c(=O)n2C)cc1. The van der Waals surface area contributed by atoms with E-state index in [2.05, 4.69) is 10.2 Å². The lowest BCUT2D eigenvalue weighted by atomic mass is 10.1. The molecule has 1 unspecified atom stereocenters. The van der Waals surface area contributed by atoms with E-state index < -0.39 is 0 Å². The molecule has 17 heavy (non-hydrogen) atoms. The van der Waals surface area contributed by atoms with Gasteiger partial charge in [0.15, 0.2) is 5.16 Å². The Kier molecular flexibility index (Phi) is 3.35. The van der Waals surface area contributed by atoms with Gasteiger partial charge in [-0.05, 0) is 36.4 Å². The average molecular weight is 250 g/mol. The minimum absolute atomic E-state index is 0.0313. The van der Waals surface area contributed by atoms with Crippen molar-refractivity contribution in [2.75, 3.05) is 0 Å². The van der Waals surface area contributed by atoms with E-state index in [-0.39, 0.29) is 11.7 Å². The number of aromatic nitrogens is 3. The van der Waals surface area contributed by atoms with Gasteiger partial charge in [0.2, 0.25) is 0 Å². The molecule has 0 aliphatic carbocycles. The van der Waals surface area contributed by atoms with Gasteiger partial charge in [-0.2, -0.15) is 0 Å². The molecule has 2 rings (SSSR count). The van der Waals surface area contributed by atoms with Gasteiger partial charge in [0.1, 0.15) is 0 Å². The molecule has 0 spiro atoms. The van der Waals surface area contributed by atoms with Crippen LogP contribution in [0.2, 0.25) is 0 Å². The zero-order valence-corrected chi connectivity index (χ0v) is 10.5. The first-order valence-electron chi connectivity index (χ1n) is 5.22. The summed E-state index contributed by atoms with van der Waals surface area (Å²) < 4.78 is 1.48. The molecular formula is C11H14N4OS. The summed E-state index contributed by atoms with van der Waals surface area (Å²) in [5.41, 5.74) is 6.65. The van der Waals surface area contributed by atoms with Crippen molar-refractivity contribution in [1.82, 2.24) is 14.8 Å². The van der Waals surface area contributed by atoms with Crippen molar-refractivity contribution in [1.29, 1.82) is 0 Å². The molecule has 0 aliphatic heterocycles. The molecule has 90 valence electrons. The number of nitrogens with zero attached hydrogens (tertiary/aromatic N) is 2. The van der Waals surface area contributed by atoms with Crippen LogP contribution in [-0.2, 0) is 7.05 Å². The van der Waals surface area contributed by atoms with Crippen LogP contribution in [-0.4, -0.2) is 14.8 Å². The maximum atomic E-state index is 11.2. The van der Waals surface area contributed by atoms with Gasteiger partial charge in [0.25, 0.3) is 0 Å². The summed E-state index contributed by atoms with van der Waals surface area (Å²) in [6.07, 6.45) is 0. The lowest BCUT2D eigenvalue weighted by Crippen LogP contribution is -2.12. The number of hydrogen-bond donors (Lipinski definition) is 2. The molecule has 5 nitrogen and oxygen atoms in total. The van der Waals surface area contributed by atoms with Crippen LogP contribution >= 0.6 is 11.8 Å². The van der Waals surface area contributed by atoms with E-state index in [1.165, 1.54) is 16.3 Å². The Morgan fingerprint density at radius 2 is 2.06 bits per heavy atom. The van der Waals surface area contributed by atoms with E-state index in [1.54, 1.807) is 7.05 Å². The quantitative estimate of drug-likeness (QED) is 0.860. The van der Waals surface area contributed by atoms with E-state index in [0.717, 1.165) is 10.5 Å². The third kappa shape index (κ3) is 2.59. The zero-order valence-electron chi connectivity index (χ0n) is 9.68. The molecule has 1 atom stereocenters. The third-order valence-corrected chi connectivity index (χ3v) is 3.51. The van der Waals surface area contributed by atoms with Gasteiger partial charge >= 0.3 is 5.69 Å². The summed E-state index contributed by atoms with van der Waals surface area (Å²) in [4.78, 5) is 12.2. The number of rotatable bonds is 3. The molecule has 0 saturated heterocycles. The molecule has 0 aliphatic rings. The fourth-order valence-corrected chi connectivity index (χ4v) is 2.16. The Hall–Kier alpha value is -1.53. The van der Waals surface area contributed by atoms with Gasteiger partial charge in [0.05, 0.1) is 0 Å². The maximum Gasteiger partial charge on any atom is 0.343 e. The van der Waals surface area contributed by atoms with E-state index in [4.69, 9.17) is 5.73 Å². The lowest BCUT2D eigenvalue weighted by Gasteiger charge is -2.06. The van der Waals surface area contributed by atoms with Crippen LogP contribution in [0.25, 0.3) is 0 Å². The van der Waals surface area contributed by atoms with Crippen molar-refractivity contribution < 1.29 is 0 Å². The monoisotopic (exact) mass is 250 g/mol. The fraction of sp³-hybridized carbons (Fsp3) is 0.273. The van der Waals surface area contributed by atoms with Crippen LogP contribution in [0.4, 0.5) is 0 Å². The van der Waals surface area contributed by atoms with Gasteiger partial charge in [0, 0.05) is 18.0 Å². The number of nitrogens with two attached hydrogens (primary N) is 1. The summed E-state index contributed by atoms with van der Waals surface area (Å²) >= 11 is 1.44. The topological polar surface area (TPSA) is 76.7 Å². The van der Waals surface area contributed by atoms with Crippen LogP contribution in [0.3, 0.4) is 0 Å². The van der Waals surface area contributed by atoms with Crippen molar-refractivity contribution in [3.8, 4) is 0 Å². The highest BCUT2D eigenvalue weighted by Crippen LogP contribution is 2.25. The second kappa shape index (κ2) is 4.77. The summed E-state index contributed by atoms with van der Waals surface area (Å²) in [6.45, 7) is 1.94. The maximum absolute atomic E-state index is 11.2. The molecule has 1 aromatic carbocycles. The van der Waals surface area contributed by atoms with E-state index in [9.17, 15) is 4.79 Å². The molecule has 2 aromatic rings. The van der Waals surface area contributed by atoms with Gasteiger partial charge in [-0.15, -0.1) is 5.10 Å². The van der Waals surface area contributed by atoms with Crippen molar-refractivity contribution in [2.45, 2.75) is 23.0 Å². The van der Waals surface area contributed by atoms with Crippen LogP contribution < -0.4 is 11.4 Å². The largest absolute Gasteiger partial charge is 0.343 e. The highest BCUT2D eigenvalue weighted by molar-refractivity contribution is 7.99. The zero-order chi connectivity index (χ0) is 12.4. The molecule has 0 saturated carbocycles. The number of benzene rings is 1.